The Morgan fingerprint density at radius 3 is 2.73 bits per heavy atom. The van der Waals surface area contributed by atoms with Crippen molar-refractivity contribution in [3.05, 3.63) is 117 Å². The van der Waals surface area contributed by atoms with Crippen molar-refractivity contribution in [2.75, 3.05) is 19.0 Å². The van der Waals surface area contributed by atoms with Gasteiger partial charge in [0.05, 0.1) is 32.5 Å². The summed E-state index contributed by atoms with van der Waals surface area (Å²) >= 11 is 6.96. The number of carbonyl (C=O) groups is 1. The zero-order valence-electron chi connectivity index (χ0n) is 22.0. The van der Waals surface area contributed by atoms with Crippen molar-refractivity contribution >= 4 is 67.5 Å². The number of terminal acetylenes is 1. The van der Waals surface area contributed by atoms with Crippen LogP contribution in [0.2, 0.25) is 0 Å². The maximum absolute atomic E-state index is 14.1. The number of nitrogens with one attached hydrogen (secondary N) is 1. The van der Waals surface area contributed by atoms with Crippen LogP contribution in [0.4, 0.5) is 5.69 Å². The highest BCUT2D eigenvalue weighted by Gasteiger charge is 2.33. The molecule has 0 fully saturated rings. The molecular formula is C31H23BrIN3O4S. The van der Waals surface area contributed by atoms with Crippen molar-refractivity contribution in [3.63, 3.8) is 0 Å². The summed E-state index contributed by atoms with van der Waals surface area (Å²) < 4.78 is 15.0. The second-order valence-electron chi connectivity index (χ2n) is 8.98. The fourth-order valence-electron chi connectivity index (χ4n) is 4.55. The molecule has 3 aromatic carbocycles. The highest BCUT2D eigenvalue weighted by Crippen LogP contribution is 2.33. The molecule has 0 radical (unpaired) electrons. The van der Waals surface area contributed by atoms with E-state index >= 15 is 0 Å². The standard InChI is InChI=1S/C31H23BrIN3O4S/c1-4-13-40-28-20(14-21(32)17-24(28)33)16-25-30(38)36-27(19-9-8-12-23(15-19)39-3)26(18(2)34-31(36)41-25)29(37)35-22-10-6-5-7-11-22/h1,5-12,14-17,27H,13H2,2-3H3,(H,35,37)/b25-16-/t27-/m1/s1. The summed E-state index contributed by atoms with van der Waals surface area (Å²) in [4.78, 5) is 33.0. The molecule has 1 amide bonds. The van der Waals surface area contributed by atoms with Gasteiger partial charge in [-0.1, -0.05) is 63.5 Å². The Labute approximate surface area is 262 Å². The number of halogens is 2. The highest BCUT2D eigenvalue weighted by atomic mass is 127. The molecule has 0 aliphatic carbocycles. The summed E-state index contributed by atoms with van der Waals surface area (Å²) in [6, 6.07) is 19.6. The largest absolute Gasteiger partial charge is 0.497 e. The summed E-state index contributed by atoms with van der Waals surface area (Å²) in [5, 5.41) is 2.96. The summed E-state index contributed by atoms with van der Waals surface area (Å²) in [7, 11) is 1.58. The second-order valence-corrected chi connectivity index (χ2v) is 12.1. The predicted octanol–water partition coefficient (Wildman–Crippen LogP) is 5.26. The number of anilines is 1. The molecule has 41 heavy (non-hydrogen) atoms. The van der Waals surface area contributed by atoms with Crippen LogP contribution < -0.4 is 29.7 Å². The molecule has 7 nitrogen and oxygen atoms in total. The van der Waals surface area contributed by atoms with Gasteiger partial charge in [0.25, 0.3) is 11.5 Å². The number of thiazole rings is 1. The first-order valence-electron chi connectivity index (χ1n) is 12.4. The summed E-state index contributed by atoms with van der Waals surface area (Å²) in [6.45, 7) is 1.88. The molecule has 0 bridgehead atoms. The van der Waals surface area contributed by atoms with E-state index in [9.17, 15) is 9.59 Å². The zero-order valence-corrected chi connectivity index (χ0v) is 26.5. The minimum atomic E-state index is -0.730. The van der Waals surface area contributed by atoms with Gasteiger partial charge in [-0.05, 0) is 77.6 Å². The van der Waals surface area contributed by atoms with Crippen LogP contribution in [0.3, 0.4) is 0 Å². The molecule has 2 heterocycles. The van der Waals surface area contributed by atoms with Gasteiger partial charge < -0.3 is 14.8 Å². The zero-order chi connectivity index (χ0) is 29.1. The summed E-state index contributed by atoms with van der Waals surface area (Å²) in [6.07, 6.45) is 7.20. The third kappa shape index (κ3) is 6.02. The molecule has 206 valence electrons. The lowest BCUT2D eigenvalue weighted by molar-refractivity contribution is -0.113. The van der Waals surface area contributed by atoms with Crippen molar-refractivity contribution < 1.29 is 14.3 Å². The Morgan fingerprint density at radius 2 is 2.00 bits per heavy atom. The van der Waals surface area contributed by atoms with E-state index in [1.807, 2.05) is 66.7 Å². The normalized spacial score (nSPS) is 14.6. The second kappa shape index (κ2) is 12.5. The lowest BCUT2D eigenvalue weighted by Crippen LogP contribution is -2.40. The summed E-state index contributed by atoms with van der Waals surface area (Å²) in [5.74, 6) is 3.34. The number of para-hydroxylation sites is 1. The minimum Gasteiger partial charge on any atom is -0.497 e. The molecule has 0 spiro atoms. The smallest absolute Gasteiger partial charge is 0.271 e. The van der Waals surface area contributed by atoms with Crippen molar-refractivity contribution in [1.82, 2.24) is 4.57 Å². The van der Waals surface area contributed by atoms with Gasteiger partial charge >= 0.3 is 0 Å². The average Bonchev–Trinajstić information content (AvgIpc) is 3.26. The molecule has 1 aliphatic heterocycles. The van der Waals surface area contributed by atoms with E-state index in [0.717, 1.165) is 13.6 Å². The average molecular weight is 740 g/mol. The minimum absolute atomic E-state index is 0.0919. The van der Waals surface area contributed by atoms with Crippen LogP contribution in [-0.4, -0.2) is 24.2 Å². The Hall–Kier alpha value is -3.66. The molecular weight excluding hydrogens is 717 g/mol. The van der Waals surface area contributed by atoms with Crippen molar-refractivity contribution in [1.29, 1.82) is 0 Å². The molecule has 0 unspecified atom stereocenters. The van der Waals surface area contributed by atoms with E-state index < -0.39 is 6.04 Å². The molecule has 0 saturated heterocycles. The van der Waals surface area contributed by atoms with Crippen LogP contribution in [-0.2, 0) is 4.79 Å². The summed E-state index contributed by atoms with van der Waals surface area (Å²) in [5.41, 5.74) is 2.67. The van der Waals surface area contributed by atoms with Crippen LogP contribution in [0.15, 0.2) is 92.3 Å². The van der Waals surface area contributed by atoms with Crippen molar-refractivity contribution in [2.24, 2.45) is 4.99 Å². The van der Waals surface area contributed by atoms with Crippen LogP contribution in [0.5, 0.6) is 11.5 Å². The molecule has 1 aromatic heterocycles. The number of hydrogen-bond acceptors (Lipinski definition) is 6. The van der Waals surface area contributed by atoms with Gasteiger partial charge in [-0.2, -0.15) is 0 Å². The molecule has 1 atom stereocenters. The van der Waals surface area contributed by atoms with Crippen LogP contribution in [0.1, 0.15) is 24.1 Å². The van der Waals surface area contributed by atoms with Crippen molar-refractivity contribution in [3.8, 4) is 23.8 Å². The number of hydrogen-bond donors (Lipinski definition) is 1. The first-order valence-corrected chi connectivity index (χ1v) is 15.1. The Balaban J connectivity index is 1.70. The SMILES string of the molecule is C#CCOc1c(I)cc(Br)cc1/C=c1\sc2n(c1=O)[C@H](c1cccc(OC)c1)C(C(=O)Nc1ccccc1)=C(C)N=2. The van der Waals surface area contributed by atoms with Gasteiger partial charge in [0.2, 0.25) is 0 Å². The molecule has 0 saturated carbocycles. The Kier molecular flexibility index (Phi) is 8.77. The first-order chi connectivity index (χ1) is 19.8. The predicted molar refractivity (Wildman–Crippen MR) is 173 cm³/mol. The van der Waals surface area contributed by atoms with Gasteiger partial charge in [0.1, 0.15) is 18.1 Å². The number of carbonyl (C=O) groups excluding carboxylic acids is 1. The van der Waals surface area contributed by atoms with E-state index in [4.69, 9.17) is 20.9 Å². The van der Waals surface area contributed by atoms with Crippen molar-refractivity contribution in [2.45, 2.75) is 13.0 Å². The number of aromatic nitrogens is 1. The number of ether oxygens (including phenoxy) is 2. The molecule has 1 aliphatic rings. The lowest BCUT2D eigenvalue weighted by Gasteiger charge is -2.25. The Morgan fingerprint density at radius 1 is 1.22 bits per heavy atom. The fraction of sp³-hybridized carbons (Fsp3) is 0.129. The Bertz CT molecular complexity index is 1910. The number of allylic oxidation sites excluding steroid dienone is 1. The molecule has 4 aromatic rings. The number of fused-ring (bicyclic) bond motifs is 1. The molecule has 1 N–H and O–H groups in total. The van der Waals surface area contributed by atoms with Gasteiger partial charge in [0.15, 0.2) is 4.80 Å². The van der Waals surface area contributed by atoms with E-state index in [0.29, 0.717) is 43.4 Å². The fourth-order valence-corrected chi connectivity index (χ4v) is 7.30. The third-order valence-electron chi connectivity index (χ3n) is 6.33. The van der Waals surface area contributed by atoms with E-state index in [2.05, 4.69) is 49.8 Å². The number of benzene rings is 3. The highest BCUT2D eigenvalue weighted by molar-refractivity contribution is 14.1. The number of methoxy groups -OCH3 is 1. The number of amides is 1. The first kappa shape index (κ1) is 28.9. The maximum Gasteiger partial charge on any atom is 0.271 e. The van der Waals surface area contributed by atoms with Crippen LogP contribution in [0.25, 0.3) is 6.08 Å². The maximum atomic E-state index is 14.1. The lowest BCUT2D eigenvalue weighted by atomic mass is 9.95. The number of rotatable bonds is 7. The van der Waals surface area contributed by atoms with E-state index in [-0.39, 0.29) is 18.1 Å². The van der Waals surface area contributed by atoms with Gasteiger partial charge in [-0.3, -0.25) is 14.2 Å². The molecule has 10 heteroatoms. The third-order valence-corrected chi connectivity index (χ3v) is 8.57. The number of nitrogens with zero attached hydrogens (tertiary/aromatic N) is 2. The quantitative estimate of drug-likeness (QED) is 0.207. The van der Waals surface area contributed by atoms with Crippen LogP contribution >= 0.6 is 49.9 Å². The van der Waals surface area contributed by atoms with E-state index in [1.54, 1.807) is 24.7 Å². The van der Waals surface area contributed by atoms with E-state index in [1.165, 1.54) is 11.3 Å². The van der Waals surface area contributed by atoms with Gasteiger partial charge in [0, 0.05) is 15.7 Å². The molecule has 5 rings (SSSR count). The topological polar surface area (TPSA) is 81.9 Å². The van der Waals surface area contributed by atoms with Gasteiger partial charge in [-0.25, -0.2) is 4.99 Å². The van der Waals surface area contributed by atoms with Crippen LogP contribution in [0, 0.1) is 15.9 Å². The monoisotopic (exact) mass is 739 g/mol. The van der Waals surface area contributed by atoms with Gasteiger partial charge in [-0.15, -0.1) is 6.42 Å².